The van der Waals surface area contributed by atoms with Crippen LogP contribution in [0.15, 0.2) is 0 Å². The molecule has 0 aromatic carbocycles. The van der Waals surface area contributed by atoms with Crippen molar-refractivity contribution in [1.29, 1.82) is 0 Å². The van der Waals surface area contributed by atoms with Gasteiger partial charge in [0.1, 0.15) is 0 Å². The summed E-state index contributed by atoms with van der Waals surface area (Å²) in [5.74, 6) is 0. The molecule has 0 aliphatic rings. The van der Waals surface area contributed by atoms with Crippen molar-refractivity contribution in [2.45, 2.75) is 0 Å². The molecular weight excluding hydrogens is 685 g/mol. The number of hydrogen-bond acceptors (Lipinski definition) is 8. The van der Waals surface area contributed by atoms with Gasteiger partial charge in [-0.15, -0.1) is 0 Å². The Morgan fingerprint density at radius 2 is 0.571 bits per heavy atom. The van der Waals surface area contributed by atoms with Crippen LogP contribution < -0.4 is 16.5 Å². The van der Waals surface area contributed by atoms with E-state index in [1.807, 2.05) is 0 Å². The maximum absolute atomic E-state index is 8.90. The van der Waals surface area contributed by atoms with E-state index in [4.69, 9.17) is 16.5 Å². The number of hydrogen-bond donors (Lipinski definition) is 0. The maximum Gasteiger partial charge on any atom is 2.00 e. The third-order valence-electron chi connectivity index (χ3n) is 0. The Labute approximate surface area is 178 Å². The zero-order chi connectivity index (χ0) is 10.8. The molecule has 14 heavy (non-hydrogen) atoms. The minimum atomic E-state index is -1.35. The molecule has 14 heteroatoms. The Bertz CT molecular complexity index is 83.3. The van der Waals surface area contributed by atoms with Crippen molar-refractivity contribution < 1.29 is 36.0 Å². The van der Waals surface area contributed by atoms with E-state index in [0.29, 0.717) is 0 Å². The second-order valence-electron chi connectivity index (χ2n) is 0.385. The van der Waals surface area contributed by atoms with Crippen molar-refractivity contribution in [1.82, 2.24) is 0 Å². The van der Waals surface area contributed by atoms with Gasteiger partial charge in [0.15, 0.2) is 0 Å². The van der Waals surface area contributed by atoms with Crippen LogP contribution in [0.4, 0.5) is 0 Å². The Kier molecular flexibility index (Phi) is 171. The Balaban J connectivity index is -0.0000000145. The molecule has 0 saturated carbocycles. The monoisotopic (exact) mass is 693 g/mol. The van der Waals surface area contributed by atoms with Gasteiger partial charge in [0.2, 0.25) is 0 Å². The molecule has 0 bridgehead atoms. The molecule has 0 spiro atoms. The predicted molar refractivity (Wildman–Crippen MR) is 64.7 cm³/mol. The van der Waals surface area contributed by atoms with Gasteiger partial charge in [-0.3, -0.25) is 0 Å². The summed E-state index contributed by atoms with van der Waals surface area (Å²) in [6.07, 6.45) is 0. The van der Waals surface area contributed by atoms with Gasteiger partial charge in [0.05, 0.1) is 0 Å². The van der Waals surface area contributed by atoms with Gasteiger partial charge >= 0.3 is 183 Å². The van der Waals surface area contributed by atoms with Gasteiger partial charge in [-0.1, -0.05) is 0 Å². The molecule has 0 rings (SSSR count). The van der Waals surface area contributed by atoms with E-state index in [2.05, 4.69) is 41.8 Å². The van der Waals surface area contributed by atoms with Crippen LogP contribution in [0.5, 0.6) is 0 Å². The van der Waals surface area contributed by atoms with Crippen LogP contribution in [0.25, 0.3) is 0 Å². The van der Waals surface area contributed by atoms with Crippen LogP contribution in [0.1, 0.15) is 0 Å². The van der Waals surface area contributed by atoms with Gasteiger partial charge in [0.25, 0.3) is 0 Å². The molecule has 0 fully saturated rings. The molecule has 0 amide bonds. The fourth-order valence-electron chi connectivity index (χ4n) is 0. The first-order chi connectivity index (χ1) is 5.66. The smallest absolute Gasteiger partial charge is 2.00 e. The van der Waals surface area contributed by atoms with Crippen LogP contribution >= 0.6 is 41.8 Å². The zero-order valence-electron chi connectivity index (χ0n) is 6.99. The average molecular weight is 689 g/mol. The molecule has 0 radical (unpaired) electrons. The van der Waals surface area contributed by atoms with E-state index in [1.54, 1.807) is 0 Å². The third-order valence-corrected chi connectivity index (χ3v) is 0. The first-order valence-electron chi connectivity index (χ1n) is 1.89. The minimum absolute atomic E-state index is 0. The molecule has 0 aromatic rings. The summed E-state index contributed by atoms with van der Waals surface area (Å²) >= 11 is -5.42. The van der Waals surface area contributed by atoms with Gasteiger partial charge in [-0.05, 0) is 0 Å². The fourth-order valence-corrected chi connectivity index (χ4v) is 0. The van der Waals surface area contributed by atoms with E-state index in [9.17, 15) is 0 Å². The molecule has 0 saturated heterocycles. The van der Waals surface area contributed by atoms with Gasteiger partial charge in [-0.25, -0.2) is 0 Å². The molecular formula is H4BaGe4O4S4Zn. The largest absolute Gasteiger partial charge is 2.00 e. The standard InChI is InChI=1S/Ba.4GeHOS.Zn/c;4*2-1-3;/h;4*1H;/q+2;4*-1;+2. The van der Waals surface area contributed by atoms with Crippen LogP contribution in [-0.4, -0.2) is 105 Å². The van der Waals surface area contributed by atoms with E-state index >= 15 is 0 Å². The van der Waals surface area contributed by atoms with Crippen LogP contribution in [0, 0.1) is 0 Å². The van der Waals surface area contributed by atoms with Gasteiger partial charge in [0, 0.05) is 0 Å². The predicted octanol–water partition coefficient (Wildman–Crippen LogP) is -5.14. The Hall–Kier alpha value is 4.45. The molecule has 72 valence electrons. The van der Waals surface area contributed by atoms with Crippen molar-refractivity contribution in [3.8, 4) is 0 Å². The topological polar surface area (TPSA) is 92.2 Å². The second kappa shape index (κ2) is 66.1. The van der Waals surface area contributed by atoms with Crippen LogP contribution in [0.3, 0.4) is 0 Å². The summed E-state index contributed by atoms with van der Waals surface area (Å²) in [6.45, 7) is 0. The summed E-state index contributed by atoms with van der Waals surface area (Å²) in [6, 6.07) is 0. The molecule has 0 aliphatic heterocycles. The first-order valence-corrected chi connectivity index (χ1v) is 19.6. The normalized spacial score (nSPS) is 3.43. The maximum atomic E-state index is 8.90. The molecule has 0 aliphatic carbocycles. The summed E-state index contributed by atoms with van der Waals surface area (Å²) in [5.41, 5.74) is 0. The van der Waals surface area contributed by atoms with E-state index in [1.165, 1.54) is 0 Å². The number of rotatable bonds is 0. The zero-order valence-corrected chi connectivity index (χ0v) is 27.4. The summed E-state index contributed by atoms with van der Waals surface area (Å²) < 4.78 is 35.6. The molecule has 0 N–H and O–H groups in total. The summed E-state index contributed by atoms with van der Waals surface area (Å²) in [5, 5.41) is 0. The fraction of sp³-hybridized carbons (Fsp3) is 0. The summed E-state index contributed by atoms with van der Waals surface area (Å²) in [4.78, 5) is 0. The van der Waals surface area contributed by atoms with E-state index in [-0.39, 0.29) is 68.4 Å². The Morgan fingerprint density at radius 3 is 0.571 bits per heavy atom. The summed E-state index contributed by atoms with van der Waals surface area (Å²) in [7, 11) is 16.0. The van der Waals surface area contributed by atoms with Gasteiger partial charge in [-0.2, -0.15) is 0 Å². The Morgan fingerprint density at radius 1 is 0.571 bits per heavy atom. The third kappa shape index (κ3) is 198. The first kappa shape index (κ1) is 36.2. The van der Waals surface area contributed by atoms with Crippen molar-refractivity contribution >= 4 is 147 Å². The van der Waals surface area contributed by atoms with E-state index in [0.717, 1.165) is 0 Å². The van der Waals surface area contributed by atoms with Gasteiger partial charge < -0.3 is 0 Å². The quantitative estimate of drug-likeness (QED) is 0.234. The second-order valence-corrected chi connectivity index (χ2v) is 6.00. The molecule has 0 atom stereocenters. The minimum Gasteiger partial charge on any atom is 2.00 e. The van der Waals surface area contributed by atoms with Crippen molar-refractivity contribution in [3.05, 3.63) is 0 Å². The van der Waals surface area contributed by atoms with E-state index < -0.39 is 56.5 Å². The molecule has 0 heterocycles. The molecule has 0 aromatic heterocycles. The van der Waals surface area contributed by atoms with Crippen LogP contribution in [0.2, 0.25) is 0 Å². The molecule has 0 unspecified atom stereocenters. The van der Waals surface area contributed by atoms with Crippen LogP contribution in [-0.2, 0) is 19.5 Å². The SMILES string of the molecule is [Ba+2].[O-][GeH]=[S].[O-][GeH]=[S].[O-][GeH]=[S].[O-][GeH]=[S].[Zn+2]. The molecule has 4 nitrogen and oxygen atoms in total. The van der Waals surface area contributed by atoms with Crippen molar-refractivity contribution in [2.75, 3.05) is 0 Å². The van der Waals surface area contributed by atoms with Crippen molar-refractivity contribution in [2.24, 2.45) is 0 Å². The average Bonchev–Trinajstić information content (AvgIpc) is 1.92. The van der Waals surface area contributed by atoms with Crippen molar-refractivity contribution in [3.63, 3.8) is 0 Å².